The highest BCUT2D eigenvalue weighted by Crippen LogP contribution is 2.26. The number of ether oxygens (including phenoxy) is 1. The number of nitrogens with one attached hydrogen (secondary N) is 1. The van der Waals surface area contributed by atoms with Crippen molar-refractivity contribution in [2.45, 2.75) is 31.7 Å². The molecule has 0 aromatic carbocycles. The Kier molecular flexibility index (Phi) is 5.56. The van der Waals surface area contributed by atoms with Crippen LogP contribution in [0.5, 0.6) is 0 Å². The van der Waals surface area contributed by atoms with Gasteiger partial charge in [-0.1, -0.05) is 18.7 Å². The standard InChI is InChI=1S/C16H24N2O2/c1-3-13-12-16(19)18(10-5-11-20-2)15(13)6-4-9-17-14-7-8-14/h3-4,6,14,17H,1,5,7-12H2,2H3/b6-4+. The molecule has 0 spiro atoms. The second-order valence-corrected chi connectivity index (χ2v) is 5.27. The van der Waals surface area contributed by atoms with Crippen LogP contribution in [0.2, 0.25) is 0 Å². The molecule has 0 saturated heterocycles. The van der Waals surface area contributed by atoms with Crippen LogP contribution in [0.25, 0.3) is 0 Å². The highest BCUT2D eigenvalue weighted by Gasteiger charge is 2.26. The second kappa shape index (κ2) is 7.41. The van der Waals surface area contributed by atoms with Crippen molar-refractivity contribution in [3.63, 3.8) is 0 Å². The van der Waals surface area contributed by atoms with Crippen LogP contribution >= 0.6 is 0 Å². The molecule has 0 radical (unpaired) electrons. The van der Waals surface area contributed by atoms with E-state index in [4.69, 9.17) is 4.74 Å². The number of hydrogen-bond acceptors (Lipinski definition) is 3. The van der Waals surface area contributed by atoms with Crippen LogP contribution in [-0.4, -0.2) is 43.7 Å². The van der Waals surface area contributed by atoms with E-state index in [1.807, 2.05) is 11.0 Å². The normalized spacial score (nSPS) is 19.4. The molecule has 20 heavy (non-hydrogen) atoms. The Bertz CT molecular complexity index is 422. The van der Waals surface area contributed by atoms with E-state index in [0.717, 1.165) is 24.2 Å². The molecule has 1 heterocycles. The van der Waals surface area contributed by atoms with E-state index in [2.05, 4.69) is 18.0 Å². The molecule has 1 fully saturated rings. The zero-order chi connectivity index (χ0) is 14.4. The number of methoxy groups -OCH3 is 1. The molecule has 0 atom stereocenters. The number of amides is 1. The topological polar surface area (TPSA) is 41.6 Å². The van der Waals surface area contributed by atoms with Gasteiger partial charge in [0.15, 0.2) is 0 Å². The van der Waals surface area contributed by atoms with E-state index in [-0.39, 0.29) is 5.91 Å². The molecular weight excluding hydrogens is 252 g/mol. The van der Waals surface area contributed by atoms with Gasteiger partial charge in [-0.25, -0.2) is 0 Å². The van der Waals surface area contributed by atoms with Crippen molar-refractivity contribution in [3.05, 3.63) is 36.1 Å². The van der Waals surface area contributed by atoms with Crippen LogP contribution in [0, 0.1) is 0 Å². The van der Waals surface area contributed by atoms with Crippen molar-refractivity contribution in [1.82, 2.24) is 10.2 Å². The highest BCUT2D eigenvalue weighted by molar-refractivity contribution is 5.86. The Morgan fingerprint density at radius 3 is 2.95 bits per heavy atom. The number of nitrogens with zero attached hydrogens (tertiary/aromatic N) is 1. The number of rotatable bonds is 9. The molecule has 0 aromatic rings. The largest absolute Gasteiger partial charge is 0.385 e. The van der Waals surface area contributed by atoms with Crippen molar-refractivity contribution in [2.75, 3.05) is 26.8 Å². The number of allylic oxidation sites excluding steroid dienone is 2. The SMILES string of the molecule is C=CC1=C(/C=C/CNC2CC2)N(CCCOC)C(=O)C1. The molecule has 1 aliphatic heterocycles. The molecule has 4 heteroatoms. The van der Waals surface area contributed by atoms with Gasteiger partial charge in [0.25, 0.3) is 0 Å². The summed E-state index contributed by atoms with van der Waals surface area (Å²) in [4.78, 5) is 13.9. The molecule has 1 saturated carbocycles. The predicted octanol–water partition coefficient (Wildman–Crippen LogP) is 2.00. The lowest BCUT2D eigenvalue weighted by molar-refractivity contribution is -0.127. The van der Waals surface area contributed by atoms with Crippen LogP contribution in [0.4, 0.5) is 0 Å². The summed E-state index contributed by atoms with van der Waals surface area (Å²) in [6.45, 7) is 6.06. The van der Waals surface area contributed by atoms with Gasteiger partial charge in [-0.05, 0) is 30.9 Å². The second-order valence-electron chi connectivity index (χ2n) is 5.27. The van der Waals surface area contributed by atoms with Gasteiger partial charge in [0, 0.05) is 38.5 Å². The van der Waals surface area contributed by atoms with E-state index >= 15 is 0 Å². The maximum absolute atomic E-state index is 12.0. The molecule has 2 aliphatic rings. The monoisotopic (exact) mass is 276 g/mol. The minimum atomic E-state index is 0.158. The summed E-state index contributed by atoms with van der Waals surface area (Å²) in [5.74, 6) is 0.158. The fraction of sp³-hybridized carbons (Fsp3) is 0.562. The highest BCUT2D eigenvalue weighted by atomic mass is 16.5. The first-order valence-electron chi connectivity index (χ1n) is 7.31. The minimum Gasteiger partial charge on any atom is -0.385 e. The summed E-state index contributed by atoms with van der Waals surface area (Å²) in [7, 11) is 1.68. The minimum absolute atomic E-state index is 0.158. The third kappa shape index (κ3) is 4.05. The predicted molar refractivity (Wildman–Crippen MR) is 80.2 cm³/mol. The Balaban J connectivity index is 1.94. The van der Waals surface area contributed by atoms with E-state index in [1.165, 1.54) is 12.8 Å². The molecule has 4 nitrogen and oxygen atoms in total. The summed E-state index contributed by atoms with van der Waals surface area (Å²) in [5.41, 5.74) is 2.02. The molecule has 1 amide bonds. The van der Waals surface area contributed by atoms with Crippen molar-refractivity contribution in [2.24, 2.45) is 0 Å². The van der Waals surface area contributed by atoms with Gasteiger partial charge in [-0.3, -0.25) is 4.79 Å². The van der Waals surface area contributed by atoms with Crippen LogP contribution in [0.15, 0.2) is 36.1 Å². The molecule has 110 valence electrons. The quantitative estimate of drug-likeness (QED) is 0.655. The van der Waals surface area contributed by atoms with Crippen LogP contribution < -0.4 is 5.32 Å². The van der Waals surface area contributed by atoms with E-state index in [9.17, 15) is 4.79 Å². The van der Waals surface area contributed by atoms with Crippen molar-refractivity contribution in [1.29, 1.82) is 0 Å². The smallest absolute Gasteiger partial charge is 0.231 e. The van der Waals surface area contributed by atoms with Crippen LogP contribution in [0.3, 0.4) is 0 Å². The van der Waals surface area contributed by atoms with Gasteiger partial charge in [-0.15, -0.1) is 0 Å². The van der Waals surface area contributed by atoms with Gasteiger partial charge in [0.05, 0.1) is 6.42 Å². The zero-order valence-electron chi connectivity index (χ0n) is 12.2. The van der Waals surface area contributed by atoms with Crippen LogP contribution in [0.1, 0.15) is 25.7 Å². The first kappa shape index (κ1) is 15.0. The molecule has 1 N–H and O–H groups in total. The summed E-state index contributed by atoms with van der Waals surface area (Å²) in [6.07, 6.45) is 9.83. The Labute approximate surface area is 121 Å². The summed E-state index contributed by atoms with van der Waals surface area (Å²) in [5, 5.41) is 3.43. The van der Waals surface area contributed by atoms with E-state index in [0.29, 0.717) is 25.6 Å². The maximum Gasteiger partial charge on any atom is 0.231 e. The van der Waals surface area contributed by atoms with Crippen molar-refractivity contribution in [3.8, 4) is 0 Å². The number of hydrogen-bond donors (Lipinski definition) is 1. The first-order valence-corrected chi connectivity index (χ1v) is 7.31. The molecular formula is C16H24N2O2. The maximum atomic E-state index is 12.0. The van der Waals surface area contributed by atoms with E-state index < -0.39 is 0 Å². The Morgan fingerprint density at radius 1 is 1.50 bits per heavy atom. The zero-order valence-corrected chi connectivity index (χ0v) is 12.2. The average Bonchev–Trinajstić information content (AvgIpc) is 3.22. The lowest BCUT2D eigenvalue weighted by Crippen LogP contribution is -2.26. The molecule has 1 aliphatic carbocycles. The van der Waals surface area contributed by atoms with Gasteiger partial charge < -0.3 is 15.0 Å². The Hall–Kier alpha value is -1.39. The summed E-state index contributed by atoms with van der Waals surface area (Å²) < 4.78 is 5.05. The van der Waals surface area contributed by atoms with E-state index in [1.54, 1.807) is 13.2 Å². The fourth-order valence-corrected chi connectivity index (χ4v) is 2.34. The van der Waals surface area contributed by atoms with Gasteiger partial charge in [0.1, 0.15) is 0 Å². The summed E-state index contributed by atoms with van der Waals surface area (Å²) in [6, 6.07) is 0.704. The van der Waals surface area contributed by atoms with Gasteiger partial charge in [-0.2, -0.15) is 0 Å². The third-order valence-corrected chi connectivity index (χ3v) is 3.62. The third-order valence-electron chi connectivity index (χ3n) is 3.62. The van der Waals surface area contributed by atoms with Crippen molar-refractivity contribution < 1.29 is 9.53 Å². The van der Waals surface area contributed by atoms with Crippen molar-refractivity contribution >= 4 is 5.91 Å². The lowest BCUT2D eigenvalue weighted by atomic mass is 10.2. The average molecular weight is 276 g/mol. The summed E-state index contributed by atoms with van der Waals surface area (Å²) >= 11 is 0. The fourth-order valence-electron chi connectivity index (χ4n) is 2.34. The van der Waals surface area contributed by atoms with Gasteiger partial charge >= 0.3 is 0 Å². The van der Waals surface area contributed by atoms with Crippen LogP contribution in [-0.2, 0) is 9.53 Å². The first-order chi connectivity index (χ1) is 9.76. The number of carbonyl (C=O) groups excluding carboxylic acids is 1. The molecule has 0 unspecified atom stereocenters. The number of carbonyl (C=O) groups is 1. The van der Waals surface area contributed by atoms with Gasteiger partial charge in [0.2, 0.25) is 5.91 Å². The molecule has 0 aromatic heterocycles. The molecule has 0 bridgehead atoms. The molecule has 2 rings (SSSR count). The Morgan fingerprint density at radius 2 is 2.30 bits per heavy atom. The lowest BCUT2D eigenvalue weighted by Gasteiger charge is -2.18.